The zero-order chi connectivity index (χ0) is 20.4. The molecular formula is C22H14F3NO2S. The molecule has 3 aromatic carbocycles. The Kier molecular flexibility index (Phi) is 5.07. The van der Waals surface area contributed by atoms with Gasteiger partial charge >= 0.3 is 11.9 Å². The molecular weight excluding hydrogens is 399 g/mol. The van der Waals surface area contributed by atoms with Crippen LogP contribution in [-0.4, -0.2) is 11.0 Å². The highest BCUT2D eigenvalue weighted by molar-refractivity contribution is 7.13. The Morgan fingerprint density at radius 3 is 2.52 bits per heavy atom. The molecule has 0 aliphatic carbocycles. The fraction of sp³-hybridized carbons (Fsp3) is 0.0909. The van der Waals surface area contributed by atoms with Crippen molar-refractivity contribution in [3.05, 3.63) is 89.2 Å². The van der Waals surface area contributed by atoms with E-state index in [1.165, 1.54) is 35.6 Å². The van der Waals surface area contributed by atoms with E-state index in [0.717, 1.165) is 0 Å². The van der Waals surface area contributed by atoms with Crippen LogP contribution in [0.15, 0.2) is 72.1 Å². The highest BCUT2D eigenvalue weighted by Gasteiger charge is 2.44. The van der Waals surface area contributed by atoms with Gasteiger partial charge in [0, 0.05) is 16.5 Å². The van der Waals surface area contributed by atoms with Gasteiger partial charge in [0.2, 0.25) is 0 Å². The van der Waals surface area contributed by atoms with Gasteiger partial charge in [-0.25, -0.2) is 14.2 Å². The van der Waals surface area contributed by atoms with Crippen LogP contribution in [0, 0.1) is 5.82 Å². The van der Waals surface area contributed by atoms with Crippen molar-refractivity contribution in [1.82, 2.24) is 4.98 Å². The van der Waals surface area contributed by atoms with Crippen molar-refractivity contribution >= 4 is 28.1 Å². The van der Waals surface area contributed by atoms with Gasteiger partial charge in [-0.15, -0.1) is 11.3 Å². The summed E-state index contributed by atoms with van der Waals surface area (Å²) in [5.74, 6) is -5.79. The summed E-state index contributed by atoms with van der Waals surface area (Å²) in [6, 6.07) is 16.8. The minimum absolute atomic E-state index is 0.296. The monoisotopic (exact) mass is 413 g/mol. The number of rotatable bonds is 5. The number of esters is 1. The fourth-order valence-corrected chi connectivity index (χ4v) is 3.75. The molecule has 146 valence electrons. The Balaban J connectivity index is 1.50. The Labute approximate surface area is 168 Å². The zero-order valence-electron chi connectivity index (χ0n) is 14.9. The third kappa shape index (κ3) is 3.86. The van der Waals surface area contributed by atoms with Gasteiger partial charge in [0.15, 0.2) is 0 Å². The van der Waals surface area contributed by atoms with E-state index in [2.05, 4.69) is 4.98 Å². The first kappa shape index (κ1) is 19.1. The lowest BCUT2D eigenvalue weighted by atomic mass is 10.00. The number of carbonyl (C=O) groups is 1. The molecule has 7 heteroatoms. The number of nitrogens with zero attached hydrogens (tertiary/aromatic N) is 1. The van der Waals surface area contributed by atoms with Crippen molar-refractivity contribution in [3.63, 3.8) is 0 Å². The van der Waals surface area contributed by atoms with E-state index >= 15 is 0 Å². The highest BCUT2D eigenvalue weighted by atomic mass is 32.1. The second-order valence-corrected chi connectivity index (χ2v) is 7.19. The second kappa shape index (κ2) is 7.67. The number of hydrogen-bond donors (Lipinski definition) is 0. The molecule has 0 radical (unpaired) electrons. The van der Waals surface area contributed by atoms with Crippen LogP contribution in [0.2, 0.25) is 0 Å². The normalized spacial score (nSPS) is 11.6. The molecule has 0 unspecified atom stereocenters. The fourth-order valence-electron chi connectivity index (χ4n) is 2.94. The van der Waals surface area contributed by atoms with Gasteiger partial charge in [-0.1, -0.05) is 42.5 Å². The molecule has 0 spiro atoms. The van der Waals surface area contributed by atoms with Gasteiger partial charge in [-0.3, -0.25) is 0 Å². The van der Waals surface area contributed by atoms with Gasteiger partial charge in [0.1, 0.15) is 17.4 Å². The minimum atomic E-state index is -3.79. The van der Waals surface area contributed by atoms with Gasteiger partial charge in [0.05, 0.1) is 5.69 Å². The average molecular weight is 413 g/mol. The summed E-state index contributed by atoms with van der Waals surface area (Å²) >= 11 is 1.25. The molecule has 0 aliphatic rings. The predicted molar refractivity (Wildman–Crippen MR) is 105 cm³/mol. The highest BCUT2D eigenvalue weighted by Crippen LogP contribution is 2.35. The van der Waals surface area contributed by atoms with E-state index in [4.69, 9.17) is 4.74 Å². The van der Waals surface area contributed by atoms with Crippen molar-refractivity contribution in [2.75, 3.05) is 0 Å². The predicted octanol–water partition coefficient (Wildman–Crippen LogP) is 5.94. The van der Waals surface area contributed by atoms with E-state index in [9.17, 15) is 18.0 Å². The van der Waals surface area contributed by atoms with Crippen LogP contribution in [0.5, 0.6) is 0 Å². The van der Waals surface area contributed by atoms with Crippen LogP contribution < -0.4 is 0 Å². The maximum atomic E-state index is 14.8. The number of benzene rings is 3. The first-order valence-corrected chi connectivity index (χ1v) is 9.57. The summed E-state index contributed by atoms with van der Waals surface area (Å²) < 4.78 is 47.4. The Morgan fingerprint density at radius 1 is 1.00 bits per heavy atom. The maximum absolute atomic E-state index is 14.8. The summed E-state index contributed by atoms with van der Waals surface area (Å²) in [6.07, 6.45) is 0. The van der Waals surface area contributed by atoms with E-state index < -0.39 is 17.5 Å². The lowest BCUT2D eigenvalue weighted by Crippen LogP contribution is -2.28. The molecule has 0 saturated heterocycles. The number of fused-ring (bicyclic) bond motifs is 1. The van der Waals surface area contributed by atoms with Gasteiger partial charge in [-0.05, 0) is 35.0 Å². The third-order valence-electron chi connectivity index (χ3n) is 4.38. The van der Waals surface area contributed by atoms with E-state index in [1.54, 1.807) is 47.8 Å². The van der Waals surface area contributed by atoms with Crippen LogP contribution in [0.3, 0.4) is 0 Å². The summed E-state index contributed by atoms with van der Waals surface area (Å²) in [5.41, 5.74) is 0.636. The summed E-state index contributed by atoms with van der Waals surface area (Å²) in [5, 5.41) is 3.10. The number of alkyl halides is 2. The maximum Gasteiger partial charge on any atom is 0.382 e. The number of carbonyl (C=O) groups excluding carboxylic acids is 1. The van der Waals surface area contributed by atoms with Crippen molar-refractivity contribution in [2.24, 2.45) is 0 Å². The minimum Gasteiger partial charge on any atom is -0.454 e. The number of halogens is 3. The van der Waals surface area contributed by atoms with Crippen LogP contribution >= 0.6 is 11.3 Å². The van der Waals surface area contributed by atoms with Gasteiger partial charge in [0.25, 0.3) is 0 Å². The Hall–Kier alpha value is -3.19. The van der Waals surface area contributed by atoms with Crippen LogP contribution in [0.4, 0.5) is 13.2 Å². The number of ether oxygens (including phenoxy) is 1. The van der Waals surface area contributed by atoms with Crippen molar-refractivity contribution < 1.29 is 22.7 Å². The molecule has 1 heterocycles. The molecule has 0 N–H and O–H groups in total. The molecule has 0 fully saturated rings. The van der Waals surface area contributed by atoms with Crippen molar-refractivity contribution in [1.29, 1.82) is 0 Å². The Bertz CT molecular complexity index is 1170. The molecule has 0 saturated carbocycles. The van der Waals surface area contributed by atoms with Gasteiger partial charge < -0.3 is 4.74 Å². The Morgan fingerprint density at radius 2 is 1.72 bits per heavy atom. The number of hydrogen-bond acceptors (Lipinski definition) is 4. The molecule has 0 amide bonds. The van der Waals surface area contributed by atoms with Crippen LogP contribution in [0.1, 0.15) is 11.3 Å². The smallest absolute Gasteiger partial charge is 0.382 e. The largest absolute Gasteiger partial charge is 0.454 e. The summed E-state index contributed by atoms with van der Waals surface area (Å²) in [6.45, 7) is -0.378. The molecule has 0 aliphatic heterocycles. The third-order valence-corrected chi connectivity index (χ3v) is 5.32. The summed E-state index contributed by atoms with van der Waals surface area (Å²) in [7, 11) is 0. The molecule has 3 nitrogen and oxygen atoms in total. The molecule has 29 heavy (non-hydrogen) atoms. The number of thiazole rings is 1. The lowest BCUT2D eigenvalue weighted by molar-refractivity contribution is -0.175. The second-order valence-electron chi connectivity index (χ2n) is 6.33. The van der Waals surface area contributed by atoms with Crippen LogP contribution in [-0.2, 0) is 22.1 Å². The molecule has 1 aromatic heterocycles. The van der Waals surface area contributed by atoms with Gasteiger partial charge in [-0.2, -0.15) is 8.78 Å². The van der Waals surface area contributed by atoms with E-state index in [1.807, 2.05) is 0 Å². The number of aromatic nitrogens is 1. The van der Waals surface area contributed by atoms with Crippen molar-refractivity contribution in [3.8, 4) is 10.6 Å². The first-order valence-electron chi connectivity index (χ1n) is 8.69. The standard InChI is InChI=1S/C22H14F3NO2S/c23-16-10-8-15(9-11-16)20-26-17(13-29-20)12-28-21(27)22(24,25)19-7-3-5-14-4-1-2-6-18(14)19/h1-11,13H,12H2. The average Bonchev–Trinajstić information content (AvgIpc) is 3.21. The first-order chi connectivity index (χ1) is 13.9. The van der Waals surface area contributed by atoms with E-state index in [0.29, 0.717) is 27.0 Å². The molecule has 0 atom stereocenters. The van der Waals surface area contributed by atoms with E-state index in [-0.39, 0.29) is 12.4 Å². The quantitative estimate of drug-likeness (QED) is 0.380. The van der Waals surface area contributed by atoms with Crippen LogP contribution in [0.25, 0.3) is 21.3 Å². The van der Waals surface area contributed by atoms with Crippen molar-refractivity contribution in [2.45, 2.75) is 12.5 Å². The molecule has 0 bridgehead atoms. The lowest BCUT2D eigenvalue weighted by Gasteiger charge is -2.17. The molecule has 4 rings (SSSR count). The SMILES string of the molecule is O=C(OCc1csc(-c2ccc(F)cc2)n1)C(F)(F)c1cccc2ccccc12. The zero-order valence-corrected chi connectivity index (χ0v) is 15.8. The summed E-state index contributed by atoms with van der Waals surface area (Å²) in [4.78, 5) is 16.4. The topological polar surface area (TPSA) is 39.2 Å². The molecule has 4 aromatic rings.